The number of H-pyrrole nitrogens is 1. The van der Waals surface area contributed by atoms with Gasteiger partial charge in [-0.1, -0.05) is 23.7 Å². The minimum atomic E-state index is -0.516. The minimum absolute atomic E-state index is 0.0377. The van der Waals surface area contributed by atoms with Gasteiger partial charge in [0, 0.05) is 0 Å². The van der Waals surface area contributed by atoms with E-state index in [-0.39, 0.29) is 29.0 Å². The smallest absolute Gasteiger partial charge is 0.274 e. The monoisotopic (exact) mass is 369 g/mol. The summed E-state index contributed by atoms with van der Waals surface area (Å²) in [7, 11) is 0. The van der Waals surface area contributed by atoms with Crippen molar-refractivity contribution >= 4 is 34.4 Å². The van der Waals surface area contributed by atoms with E-state index >= 15 is 0 Å². The predicted molar refractivity (Wildman–Crippen MR) is 93.6 cm³/mol. The van der Waals surface area contributed by atoms with Crippen LogP contribution in [0.15, 0.2) is 36.7 Å². The molecule has 130 valence electrons. The molecule has 4 rings (SSSR count). The lowest BCUT2D eigenvalue weighted by Crippen LogP contribution is -2.26. The first-order valence-electron chi connectivity index (χ1n) is 7.53. The molecule has 0 aliphatic heterocycles. The van der Waals surface area contributed by atoms with E-state index in [0.29, 0.717) is 5.82 Å². The number of aromatic nitrogens is 7. The average Bonchev–Trinajstić information content (AvgIpc) is 3.30. The molecule has 0 bridgehead atoms. The summed E-state index contributed by atoms with van der Waals surface area (Å²) >= 11 is 6.08. The Morgan fingerprint density at radius 3 is 2.73 bits per heavy atom. The van der Waals surface area contributed by atoms with Crippen LogP contribution in [-0.2, 0) is 6.54 Å². The van der Waals surface area contributed by atoms with Gasteiger partial charge in [-0.25, -0.2) is 15.0 Å². The van der Waals surface area contributed by atoms with E-state index < -0.39 is 5.91 Å². The van der Waals surface area contributed by atoms with Gasteiger partial charge in [0.1, 0.15) is 5.82 Å². The molecule has 26 heavy (non-hydrogen) atoms. The van der Waals surface area contributed by atoms with Gasteiger partial charge in [-0.15, -0.1) is 4.80 Å². The predicted octanol–water partition coefficient (Wildman–Crippen LogP) is 1.10. The zero-order valence-corrected chi connectivity index (χ0v) is 14.0. The van der Waals surface area contributed by atoms with Crippen molar-refractivity contribution in [2.75, 3.05) is 5.73 Å². The third-order valence-electron chi connectivity index (χ3n) is 3.54. The number of amides is 1. The number of nitrogen functional groups attached to an aromatic ring is 1. The summed E-state index contributed by atoms with van der Waals surface area (Å²) in [5.41, 5.74) is 7.46. The van der Waals surface area contributed by atoms with E-state index in [1.807, 2.05) is 24.3 Å². The Hall–Kier alpha value is -3.53. The van der Waals surface area contributed by atoms with Crippen molar-refractivity contribution in [3.63, 3.8) is 0 Å². The number of nitrogens with two attached hydrogens (primary N) is 1. The molecule has 0 saturated carbocycles. The summed E-state index contributed by atoms with van der Waals surface area (Å²) in [4.78, 5) is 29.1. The number of anilines is 1. The third-order valence-corrected chi connectivity index (χ3v) is 3.80. The van der Waals surface area contributed by atoms with Crippen LogP contribution in [0.4, 0.5) is 5.82 Å². The van der Waals surface area contributed by atoms with E-state index in [1.54, 1.807) is 0 Å². The molecular weight excluding hydrogens is 358 g/mol. The topological polar surface area (TPSA) is 140 Å². The first kappa shape index (κ1) is 16.0. The average molecular weight is 370 g/mol. The van der Waals surface area contributed by atoms with Gasteiger partial charge < -0.3 is 16.0 Å². The molecule has 4 aromatic rings. The fourth-order valence-electron chi connectivity index (χ4n) is 2.38. The Morgan fingerprint density at radius 2 is 1.96 bits per heavy atom. The maximum absolute atomic E-state index is 12.4. The first-order chi connectivity index (χ1) is 12.6. The fraction of sp³-hybridized carbons (Fsp3) is 0.0667. The van der Waals surface area contributed by atoms with Crippen LogP contribution in [0, 0.1) is 0 Å². The number of imidazole rings is 1. The van der Waals surface area contributed by atoms with Crippen molar-refractivity contribution in [3.8, 4) is 5.82 Å². The van der Waals surface area contributed by atoms with Crippen LogP contribution in [0.25, 0.3) is 16.9 Å². The van der Waals surface area contributed by atoms with E-state index in [0.717, 1.165) is 11.0 Å². The molecule has 0 aliphatic rings. The number of fused-ring (bicyclic) bond motifs is 1. The number of hydrogen-bond donors (Lipinski definition) is 3. The van der Waals surface area contributed by atoms with Crippen molar-refractivity contribution in [1.29, 1.82) is 0 Å². The van der Waals surface area contributed by atoms with Crippen LogP contribution in [-0.4, -0.2) is 40.8 Å². The highest BCUT2D eigenvalue weighted by Gasteiger charge is 2.18. The number of nitrogens with zero attached hydrogens (tertiary/aromatic N) is 6. The second-order valence-corrected chi connectivity index (χ2v) is 5.63. The van der Waals surface area contributed by atoms with Crippen LogP contribution >= 0.6 is 11.6 Å². The summed E-state index contributed by atoms with van der Waals surface area (Å²) in [6.45, 7) is 0.175. The largest absolute Gasteiger partial charge is 0.382 e. The number of hydrogen-bond acceptors (Lipinski definition) is 7. The van der Waals surface area contributed by atoms with E-state index in [9.17, 15) is 4.79 Å². The van der Waals surface area contributed by atoms with Crippen LogP contribution in [0.5, 0.6) is 0 Å². The second kappa shape index (κ2) is 6.41. The Kier molecular flexibility index (Phi) is 3.93. The molecule has 0 aliphatic carbocycles. The number of nitrogens with one attached hydrogen (secondary N) is 2. The van der Waals surface area contributed by atoms with Gasteiger partial charge in [0.05, 0.1) is 30.0 Å². The van der Waals surface area contributed by atoms with Gasteiger partial charge in [-0.3, -0.25) is 4.79 Å². The number of rotatable bonds is 4. The first-order valence-corrected chi connectivity index (χ1v) is 7.91. The van der Waals surface area contributed by atoms with Crippen molar-refractivity contribution in [3.05, 3.63) is 53.3 Å². The van der Waals surface area contributed by atoms with Crippen molar-refractivity contribution < 1.29 is 4.79 Å². The number of benzene rings is 1. The molecule has 3 aromatic heterocycles. The standard InChI is InChI=1S/C15H12ClN9O/c16-12-14(25-19-5-6-20-25)24-13(17)11(23-12)15(26)18-7-10-21-8-3-1-2-4-9(8)22-10/h1-6H,7H2,(H2,17,24)(H,18,26)(H,21,22). The number of halogens is 1. The van der Waals surface area contributed by atoms with Gasteiger partial charge in [0.2, 0.25) is 5.82 Å². The Bertz CT molecular complexity index is 1060. The summed E-state index contributed by atoms with van der Waals surface area (Å²) in [6.07, 6.45) is 2.92. The molecule has 4 N–H and O–H groups in total. The molecule has 0 radical (unpaired) electrons. The van der Waals surface area contributed by atoms with E-state index in [2.05, 4.69) is 35.5 Å². The van der Waals surface area contributed by atoms with Gasteiger partial charge >= 0.3 is 0 Å². The van der Waals surface area contributed by atoms with Crippen molar-refractivity contribution in [1.82, 2.24) is 40.2 Å². The molecular formula is C15H12ClN9O. The molecule has 1 aromatic carbocycles. The normalized spacial score (nSPS) is 11.0. The maximum Gasteiger partial charge on any atom is 0.274 e. The molecule has 10 nitrogen and oxygen atoms in total. The highest BCUT2D eigenvalue weighted by Crippen LogP contribution is 2.18. The van der Waals surface area contributed by atoms with Crippen LogP contribution in [0.2, 0.25) is 5.15 Å². The van der Waals surface area contributed by atoms with Crippen LogP contribution < -0.4 is 11.1 Å². The zero-order valence-electron chi connectivity index (χ0n) is 13.2. The summed E-state index contributed by atoms with van der Waals surface area (Å²) in [5, 5.41) is 10.5. The fourth-order valence-corrected chi connectivity index (χ4v) is 2.58. The molecule has 0 saturated heterocycles. The molecule has 11 heteroatoms. The minimum Gasteiger partial charge on any atom is -0.382 e. The highest BCUT2D eigenvalue weighted by molar-refractivity contribution is 6.31. The Morgan fingerprint density at radius 1 is 1.19 bits per heavy atom. The summed E-state index contributed by atoms with van der Waals surface area (Å²) < 4.78 is 0. The highest BCUT2D eigenvalue weighted by atomic mass is 35.5. The van der Waals surface area contributed by atoms with Gasteiger partial charge in [-0.05, 0) is 12.1 Å². The zero-order chi connectivity index (χ0) is 18.1. The lowest BCUT2D eigenvalue weighted by Gasteiger charge is -2.08. The Labute approximate surface area is 151 Å². The molecule has 0 atom stereocenters. The van der Waals surface area contributed by atoms with Gasteiger partial charge in [0.25, 0.3) is 5.91 Å². The SMILES string of the molecule is Nc1nc(-n2nccn2)c(Cl)nc1C(=O)NCc1nc2ccccc2[nH]1. The molecule has 3 heterocycles. The number of aromatic amines is 1. The van der Waals surface area contributed by atoms with E-state index in [1.165, 1.54) is 17.2 Å². The lowest BCUT2D eigenvalue weighted by atomic mass is 10.3. The summed E-state index contributed by atoms with van der Waals surface area (Å²) in [5.74, 6) is 0.152. The Balaban J connectivity index is 1.53. The van der Waals surface area contributed by atoms with E-state index in [4.69, 9.17) is 17.3 Å². The van der Waals surface area contributed by atoms with Gasteiger partial charge in [0.15, 0.2) is 16.7 Å². The van der Waals surface area contributed by atoms with Crippen LogP contribution in [0.1, 0.15) is 16.3 Å². The quantitative estimate of drug-likeness (QED) is 0.489. The number of para-hydroxylation sites is 2. The molecule has 1 amide bonds. The lowest BCUT2D eigenvalue weighted by molar-refractivity contribution is 0.0945. The molecule has 0 spiro atoms. The molecule has 0 unspecified atom stereocenters. The van der Waals surface area contributed by atoms with Crippen molar-refractivity contribution in [2.24, 2.45) is 0 Å². The summed E-state index contributed by atoms with van der Waals surface area (Å²) in [6, 6.07) is 7.57. The maximum atomic E-state index is 12.4. The van der Waals surface area contributed by atoms with Crippen molar-refractivity contribution in [2.45, 2.75) is 6.54 Å². The second-order valence-electron chi connectivity index (χ2n) is 5.27. The molecule has 0 fully saturated rings. The third kappa shape index (κ3) is 2.93. The number of carbonyl (C=O) groups excluding carboxylic acids is 1. The number of carbonyl (C=O) groups is 1. The van der Waals surface area contributed by atoms with Gasteiger partial charge in [-0.2, -0.15) is 10.2 Å². The van der Waals surface area contributed by atoms with Crippen LogP contribution in [0.3, 0.4) is 0 Å².